The van der Waals surface area contributed by atoms with Gasteiger partial charge < -0.3 is 10.4 Å². The summed E-state index contributed by atoms with van der Waals surface area (Å²) in [6, 6.07) is 0.717. The van der Waals surface area contributed by atoms with Crippen molar-refractivity contribution in [3.8, 4) is 0 Å². The van der Waals surface area contributed by atoms with Crippen molar-refractivity contribution in [2.45, 2.75) is 56.6 Å². The third-order valence-electron chi connectivity index (χ3n) is 3.39. The minimum absolute atomic E-state index is 0.325. The lowest BCUT2D eigenvalue weighted by molar-refractivity contribution is 0.288. The number of thioether (sulfide) groups is 1. The number of rotatable bonds is 6. The van der Waals surface area contributed by atoms with Crippen molar-refractivity contribution < 1.29 is 5.11 Å². The normalized spacial score (nSPS) is 33.2. The highest BCUT2D eigenvalue weighted by molar-refractivity contribution is 8.00. The van der Waals surface area contributed by atoms with Gasteiger partial charge in [-0.15, -0.1) is 0 Å². The largest absolute Gasteiger partial charge is 0.396 e. The Morgan fingerprint density at radius 3 is 2.80 bits per heavy atom. The Labute approximate surface area is 98.2 Å². The summed E-state index contributed by atoms with van der Waals surface area (Å²) in [4.78, 5) is 0. The summed E-state index contributed by atoms with van der Waals surface area (Å²) < 4.78 is 0. The molecule has 2 N–H and O–H groups in total. The van der Waals surface area contributed by atoms with Gasteiger partial charge in [0.25, 0.3) is 0 Å². The number of aliphatic hydroxyl groups is 1. The van der Waals surface area contributed by atoms with Crippen LogP contribution < -0.4 is 5.32 Å². The van der Waals surface area contributed by atoms with E-state index < -0.39 is 0 Å². The predicted molar refractivity (Wildman–Crippen MR) is 68.4 cm³/mol. The maximum Gasteiger partial charge on any atom is 0.0441 e. The zero-order chi connectivity index (χ0) is 11.3. The molecule has 0 radical (unpaired) electrons. The van der Waals surface area contributed by atoms with Crippen molar-refractivity contribution in [3.63, 3.8) is 0 Å². The van der Waals surface area contributed by atoms with E-state index in [1.165, 1.54) is 12.8 Å². The topological polar surface area (TPSA) is 32.3 Å². The Kier molecular flexibility index (Phi) is 6.02. The molecule has 0 bridgehead atoms. The highest BCUT2D eigenvalue weighted by Gasteiger charge is 2.33. The fourth-order valence-electron chi connectivity index (χ4n) is 2.42. The number of aliphatic hydroxyl groups excluding tert-OH is 1. The summed E-state index contributed by atoms with van der Waals surface area (Å²) in [5, 5.41) is 13.8. The molecule has 0 aromatic rings. The van der Waals surface area contributed by atoms with E-state index in [0.29, 0.717) is 17.9 Å². The molecule has 1 aliphatic rings. The van der Waals surface area contributed by atoms with Gasteiger partial charge in [-0.1, -0.05) is 20.8 Å². The van der Waals surface area contributed by atoms with Gasteiger partial charge in [0, 0.05) is 23.1 Å². The molecular weight excluding hydrogens is 206 g/mol. The molecule has 0 spiro atoms. The van der Waals surface area contributed by atoms with Crippen LogP contribution in [0.1, 0.15) is 40.0 Å². The first-order chi connectivity index (χ1) is 7.19. The minimum atomic E-state index is 0.325. The number of hydrogen-bond acceptors (Lipinski definition) is 3. The molecule has 1 rings (SSSR count). The monoisotopic (exact) mass is 231 g/mol. The summed E-state index contributed by atoms with van der Waals surface area (Å²) in [6.45, 7) is 8.18. The fourth-order valence-corrected chi connectivity index (χ4v) is 3.97. The van der Waals surface area contributed by atoms with Gasteiger partial charge in [-0.2, -0.15) is 11.8 Å². The van der Waals surface area contributed by atoms with Crippen molar-refractivity contribution in [2.24, 2.45) is 5.92 Å². The van der Waals surface area contributed by atoms with Gasteiger partial charge in [0.2, 0.25) is 0 Å². The molecule has 0 aromatic carbocycles. The van der Waals surface area contributed by atoms with Crippen LogP contribution in [-0.4, -0.2) is 34.8 Å². The van der Waals surface area contributed by atoms with Gasteiger partial charge in [0.1, 0.15) is 0 Å². The SMILES string of the molecule is CCNC1CCC(SC(C)CCO)C1C. The molecule has 15 heavy (non-hydrogen) atoms. The van der Waals surface area contributed by atoms with E-state index in [9.17, 15) is 0 Å². The molecule has 2 nitrogen and oxygen atoms in total. The Bertz CT molecular complexity index is 177. The van der Waals surface area contributed by atoms with Crippen molar-refractivity contribution in [1.29, 1.82) is 0 Å². The lowest BCUT2D eigenvalue weighted by atomic mass is 10.1. The summed E-state index contributed by atoms with van der Waals surface area (Å²) in [6.07, 6.45) is 3.58. The summed E-state index contributed by atoms with van der Waals surface area (Å²) >= 11 is 2.07. The van der Waals surface area contributed by atoms with Crippen LogP contribution in [0.2, 0.25) is 0 Å². The Hall–Kier alpha value is 0.270. The van der Waals surface area contributed by atoms with E-state index in [-0.39, 0.29) is 0 Å². The molecule has 0 aliphatic heterocycles. The number of hydrogen-bond donors (Lipinski definition) is 2. The van der Waals surface area contributed by atoms with E-state index in [1.807, 2.05) is 0 Å². The van der Waals surface area contributed by atoms with Crippen LogP contribution in [0.15, 0.2) is 0 Å². The molecule has 4 atom stereocenters. The minimum Gasteiger partial charge on any atom is -0.396 e. The zero-order valence-corrected chi connectivity index (χ0v) is 11.0. The Morgan fingerprint density at radius 1 is 1.47 bits per heavy atom. The maximum absolute atomic E-state index is 8.89. The van der Waals surface area contributed by atoms with Crippen LogP contribution in [0, 0.1) is 5.92 Å². The van der Waals surface area contributed by atoms with Gasteiger partial charge in [0.15, 0.2) is 0 Å². The Balaban J connectivity index is 2.32. The predicted octanol–water partition coefficient (Wildman–Crippen LogP) is 2.27. The second-order valence-electron chi connectivity index (χ2n) is 4.60. The van der Waals surface area contributed by atoms with E-state index >= 15 is 0 Å². The molecule has 0 heterocycles. The first kappa shape index (κ1) is 13.3. The lowest BCUT2D eigenvalue weighted by Gasteiger charge is -2.23. The molecule has 3 heteroatoms. The van der Waals surface area contributed by atoms with E-state index in [0.717, 1.165) is 24.1 Å². The van der Waals surface area contributed by atoms with Crippen LogP contribution in [-0.2, 0) is 0 Å². The van der Waals surface area contributed by atoms with Gasteiger partial charge in [0.05, 0.1) is 0 Å². The van der Waals surface area contributed by atoms with E-state index in [2.05, 4.69) is 37.8 Å². The molecule has 90 valence electrons. The molecular formula is C12H25NOS. The van der Waals surface area contributed by atoms with Crippen molar-refractivity contribution >= 4 is 11.8 Å². The molecule has 1 saturated carbocycles. The van der Waals surface area contributed by atoms with Gasteiger partial charge >= 0.3 is 0 Å². The highest BCUT2D eigenvalue weighted by Crippen LogP contribution is 2.37. The van der Waals surface area contributed by atoms with Gasteiger partial charge in [-0.3, -0.25) is 0 Å². The van der Waals surface area contributed by atoms with Crippen LogP contribution in [0.3, 0.4) is 0 Å². The molecule has 1 fully saturated rings. The summed E-state index contributed by atoms with van der Waals surface area (Å²) in [5.41, 5.74) is 0. The standard InChI is InChI=1S/C12H25NOS/c1-4-13-11-5-6-12(10(11)3)15-9(2)7-8-14/h9-14H,4-8H2,1-3H3. The van der Waals surface area contributed by atoms with Crippen LogP contribution in [0.4, 0.5) is 0 Å². The second-order valence-corrected chi connectivity index (χ2v) is 6.28. The molecule has 4 unspecified atom stereocenters. The average Bonchev–Trinajstić information content (AvgIpc) is 2.51. The van der Waals surface area contributed by atoms with Gasteiger partial charge in [-0.25, -0.2) is 0 Å². The molecule has 0 amide bonds. The lowest BCUT2D eigenvalue weighted by Crippen LogP contribution is -2.33. The molecule has 0 saturated heterocycles. The highest BCUT2D eigenvalue weighted by atomic mass is 32.2. The zero-order valence-electron chi connectivity index (χ0n) is 10.2. The van der Waals surface area contributed by atoms with Crippen molar-refractivity contribution in [3.05, 3.63) is 0 Å². The first-order valence-corrected chi connectivity index (χ1v) is 7.13. The summed E-state index contributed by atoms with van der Waals surface area (Å²) in [5.74, 6) is 0.774. The second kappa shape index (κ2) is 6.77. The summed E-state index contributed by atoms with van der Waals surface area (Å²) in [7, 11) is 0. The van der Waals surface area contributed by atoms with Crippen LogP contribution in [0.25, 0.3) is 0 Å². The van der Waals surface area contributed by atoms with Crippen molar-refractivity contribution in [1.82, 2.24) is 5.32 Å². The van der Waals surface area contributed by atoms with E-state index in [4.69, 9.17) is 5.11 Å². The van der Waals surface area contributed by atoms with Gasteiger partial charge in [-0.05, 0) is 31.7 Å². The maximum atomic E-state index is 8.89. The number of nitrogens with one attached hydrogen (secondary N) is 1. The van der Waals surface area contributed by atoms with Crippen LogP contribution >= 0.6 is 11.8 Å². The van der Waals surface area contributed by atoms with E-state index in [1.54, 1.807) is 0 Å². The quantitative estimate of drug-likeness (QED) is 0.735. The molecule has 1 aliphatic carbocycles. The smallest absolute Gasteiger partial charge is 0.0441 e. The first-order valence-electron chi connectivity index (χ1n) is 6.18. The molecule has 0 aromatic heterocycles. The fraction of sp³-hybridized carbons (Fsp3) is 1.00. The third kappa shape index (κ3) is 3.97. The Morgan fingerprint density at radius 2 is 2.20 bits per heavy atom. The van der Waals surface area contributed by atoms with Crippen LogP contribution in [0.5, 0.6) is 0 Å². The third-order valence-corrected chi connectivity index (χ3v) is 5.11. The van der Waals surface area contributed by atoms with Crippen molar-refractivity contribution in [2.75, 3.05) is 13.2 Å². The average molecular weight is 231 g/mol.